The summed E-state index contributed by atoms with van der Waals surface area (Å²) in [5.74, 6) is 0.0195. The molecule has 2 heterocycles. The number of thiazole rings is 1. The Hall–Kier alpha value is -1.83. The molecule has 1 N–H and O–H groups in total. The van der Waals surface area contributed by atoms with Gasteiger partial charge < -0.3 is 5.32 Å². The zero-order valence-electron chi connectivity index (χ0n) is 11.7. The molecule has 0 saturated heterocycles. The number of hydrogen-bond donors (Lipinski definition) is 1. The number of rotatable bonds is 5. The number of nitrogens with one attached hydrogen (secondary N) is 1. The van der Waals surface area contributed by atoms with Crippen LogP contribution in [-0.2, 0) is 16.8 Å². The van der Waals surface area contributed by atoms with E-state index in [0.717, 1.165) is 43.5 Å². The highest BCUT2D eigenvalue weighted by atomic mass is 32.1. The van der Waals surface area contributed by atoms with Gasteiger partial charge in [0.1, 0.15) is 11.9 Å². The Morgan fingerprint density at radius 1 is 1.38 bits per heavy atom. The van der Waals surface area contributed by atoms with Crippen LogP contribution in [0.15, 0.2) is 17.9 Å². The summed E-state index contributed by atoms with van der Waals surface area (Å²) in [6.07, 6.45) is 8.89. The standard InChI is InChI=1S/C13H18N6OS/c20-12(15-7-4-11-14-8-9-21-11)13(5-2-1-3-6-13)19-10-16-17-18-19/h8-10H,1-7H2,(H,15,20). The van der Waals surface area contributed by atoms with Crippen LogP contribution in [0.4, 0.5) is 0 Å². The van der Waals surface area contributed by atoms with Crippen LogP contribution in [0.1, 0.15) is 37.1 Å². The molecule has 112 valence electrons. The van der Waals surface area contributed by atoms with Crippen molar-refractivity contribution in [1.82, 2.24) is 30.5 Å². The zero-order chi connectivity index (χ0) is 14.5. The lowest BCUT2D eigenvalue weighted by Gasteiger charge is -2.35. The number of aromatic nitrogens is 5. The molecule has 1 amide bonds. The van der Waals surface area contributed by atoms with Crippen LogP contribution >= 0.6 is 11.3 Å². The molecule has 21 heavy (non-hydrogen) atoms. The van der Waals surface area contributed by atoms with Gasteiger partial charge in [-0.3, -0.25) is 4.79 Å². The van der Waals surface area contributed by atoms with Gasteiger partial charge in [-0.2, -0.15) is 0 Å². The van der Waals surface area contributed by atoms with Crippen molar-refractivity contribution in [3.05, 3.63) is 22.9 Å². The van der Waals surface area contributed by atoms with Crippen molar-refractivity contribution in [2.24, 2.45) is 0 Å². The first-order valence-corrected chi connectivity index (χ1v) is 8.09. The van der Waals surface area contributed by atoms with E-state index >= 15 is 0 Å². The van der Waals surface area contributed by atoms with E-state index in [1.165, 1.54) is 0 Å². The summed E-state index contributed by atoms with van der Waals surface area (Å²) in [7, 11) is 0. The molecule has 1 fully saturated rings. The Morgan fingerprint density at radius 2 is 2.24 bits per heavy atom. The fraction of sp³-hybridized carbons (Fsp3) is 0.615. The smallest absolute Gasteiger partial charge is 0.248 e. The average Bonchev–Trinajstić information content (AvgIpc) is 3.21. The van der Waals surface area contributed by atoms with E-state index in [0.29, 0.717) is 6.54 Å². The van der Waals surface area contributed by atoms with Crippen LogP contribution < -0.4 is 5.32 Å². The molecule has 1 aliphatic carbocycles. The number of hydrogen-bond acceptors (Lipinski definition) is 6. The van der Waals surface area contributed by atoms with E-state index < -0.39 is 5.54 Å². The molecule has 3 rings (SSSR count). The Kier molecular flexibility index (Phi) is 4.23. The van der Waals surface area contributed by atoms with Crippen molar-refractivity contribution in [2.75, 3.05) is 6.54 Å². The lowest BCUT2D eigenvalue weighted by molar-refractivity contribution is -0.132. The zero-order valence-corrected chi connectivity index (χ0v) is 12.6. The van der Waals surface area contributed by atoms with Crippen LogP contribution in [0.25, 0.3) is 0 Å². The molecular formula is C13H18N6OS. The fourth-order valence-corrected chi connectivity index (χ4v) is 3.50. The van der Waals surface area contributed by atoms with E-state index in [2.05, 4.69) is 25.8 Å². The second-order valence-electron chi connectivity index (χ2n) is 5.28. The fourth-order valence-electron chi connectivity index (χ4n) is 2.88. The lowest BCUT2D eigenvalue weighted by atomic mass is 9.81. The van der Waals surface area contributed by atoms with Crippen molar-refractivity contribution < 1.29 is 4.79 Å². The maximum Gasteiger partial charge on any atom is 0.248 e. The molecule has 7 nitrogen and oxygen atoms in total. The Bertz CT molecular complexity index is 562. The summed E-state index contributed by atoms with van der Waals surface area (Å²) in [4.78, 5) is 16.9. The SMILES string of the molecule is O=C(NCCc1nccs1)C1(n2cnnn2)CCCCC1. The summed E-state index contributed by atoms with van der Waals surface area (Å²) in [5.41, 5.74) is -0.620. The first-order valence-electron chi connectivity index (χ1n) is 7.21. The van der Waals surface area contributed by atoms with E-state index in [1.807, 2.05) is 5.38 Å². The Morgan fingerprint density at radius 3 is 2.90 bits per heavy atom. The molecule has 8 heteroatoms. The molecule has 0 atom stereocenters. The highest BCUT2D eigenvalue weighted by molar-refractivity contribution is 7.09. The highest BCUT2D eigenvalue weighted by Crippen LogP contribution is 2.34. The van der Waals surface area contributed by atoms with Gasteiger partial charge in [0.2, 0.25) is 5.91 Å². The molecule has 2 aromatic rings. The lowest BCUT2D eigenvalue weighted by Crippen LogP contribution is -2.50. The normalized spacial score (nSPS) is 17.5. The molecule has 1 aliphatic rings. The van der Waals surface area contributed by atoms with Gasteiger partial charge in [-0.05, 0) is 23.3 Å². The molecule has 0 aromatic carbocycles. The summed E-state index contributed by atoms with van der Waals surface area (Å²) >= 11 is 1.61. The van der Waals surface area contributed by atoms with E-state index in [-0.39, 0.29) is 5.91 Å². The van der Waals surface area contributed by atoms with Crippen LogP contribution in [0.3, 0.4) is 0 Å². The van der Waals surface area contributed by atoms with Gasteiger partial charge in [-0.15, -0.1) is 16.4 Å². The number of carbonyl (C=O) groups excluding carboxylic acids is 1. The minimum Gasteiger partial charge on any atom is -0.354 e. The van der Waals surface area contributed by atoms with Crippen LogP contribution in [0, 0.1) is 0 Å². The van der Waals surface area contributed by atoms with E-state index in [9.17, 15) is 4.79 Å². The molecule has 2 aromatic heterocycles. The van der Waals surface area contributed by atoms with E-state index in [1.54, 1.807) is 28.5 Å². The summed E-state index contributed by atoms with van der Waals surface area (Å²) in [6, 6.07) is 0. The summed E-state index contributed by atoms with van der Waals surface area (Å²) in [5, 5.41) is 17.4. The molecule has 0 bridgehead atoms. The Balaban J connectivity index is 1.66. The van der Waals surface area contributed by atoms with Gasteiger partial charge in [0, 0.05) is 24.5 Å². The predicted octanol–water partition coefficient (Wildman–Crippen LogP) is 1.15. The maximum absolute atomic E-state index is 12.7. The molecule has 0 radical (unpaired) electrons. The Labute approximate surface area is 126 Å². The molecule has 0 unspecified atom stereocenters. The quantitative estimate of drug-likeness (QED) is 0.895. The van der Waals surface area contributed by atoms with Crippen molar-refractivity contribution in [3.8, 4) is 0 Å². The van der Waals surface area contributed by atoms with Crippen molar-refractivity contribution in [3.63, 3.8) is 0 Å². The number of nitrogens with zero attached hydrogens (tertiary/aromatic N) is 5. The average molecular weight is 306 g/mol. The van der Waals surface area contributed by atoms with Gasteiger partial charge >= 0.3 is 0 Å². The number of carbonyl (C=O) groups is 1. The van der Waals surface area contributed by atoms with Gasteiger partial charge in [-0.25, -0.2) is 9.67 Å². The molecular weight excluding hydrogens is 288 g/mol. The predicted molar refractivity (Wildman–Crippen MR) is 77.7 cm³/mol. The van der Waals surface area contributed by atoms with Crippen LogP contribution in [0.2, 0.25) is 0 Å². The van der Waals surface area contributed by atoms with Crippen LogP contribution in [-0.4, -0.2) is 37.6 Å². The summed E-state index contributed by atoms with van der Waals surface area (Å²) < 4.78 is 1.63. The summed E-state index contributed by atoms with van der Waals surface area (Å²) in [6.45, 7) is 0.593. The minimum atomic E-state index is -0.620. The van der Waals surface area contributed by atoms with Gasteiger partial charge in [0.25, 0.3) is 0 Å². The number of tetrazole rings is 1. The van der Waals surface area contributed by atoms with Gasteiger partial charge in [-0.1, -0.05) is 19.3 Å². The topological polar surface area (TPSA) is 85.6 Å². The van der Waals surface area contributed by atoms with Crippen molar-refractivity contribution in [2.45, 2.75) is 44.1 Å². The first-order chi connectivity index (χ1) is 10.3. The van der Waals surface area contributed by atoms with Gasteiger partial charge in [0.15, 0.2) is 0 Å². The largest absolute Gasteiger partial charge is 0.354 e. The first kappa shape index (κ1) is 14.1. The second kappa shape index (κ2) is 6.30. The molecule has 1 saturated carbocycles. The van der Waals surface area contributed by atoms with E-state index in [4.69, 9.17) is 0 Å². The van der Waals surface area contributed by atoms with Crippen molar-refractivity contribution in [1.29, 1.82) is 0 Å². The monoisotopic (exact) mass is 306 g/mol. The number of amides is 1. The maximum atomic E-state index is 12.7. The van der Waals surface area contributed by atoms with Crippen molar-refractivity contribution >= 4 is 17.2 Å². The molecule has 0 aliphatic heterocycles. The highest BCUT2D eigenvalue weighted by Gasteiger charge is 2.42. The van der Waals surface area contributed by atoms with Gasteiger partial charge in [0.05, 0.1) is 5.01 Å². The minimum absolute atomic E-state index is 0.0195. The van der Waals surface area contributed by atoms with Crippen LogP contribution in [0.5, 0.6) is 0 Å². The third kappa shape index (κ3) is 2.94. The third-order valence-electron chi connectivity index (χ3n) is 4.00. The third-order valence-corrected chi connectivity index (χ3v) is 4.84. The second-order valence-corrected chi connectivity index (χ2v) is 6.26. The molecule has 0 spiro atoms.